The molecule has 20 heavy (non-hydrogen) atoms. The molecule has 0 heterocycles. The number of halogens is 3. The summed E-state index contributed by atoms with van der Waals surface area (Å²) in [5.74, 6) is 0.264. The highest BCUT2D eigenvalue weighted by molar-refractivity contribution is 5.41. The minimum Gasteiger partial charge on any atom is -0.493 e. The monoisotopic (exact) mass is 288 g/mol. The summed E-state index contributed by atoms with van der Waals surface area (Å²) in [5.41, 5.74) is -0.987. The molecule has 0 fully saturated rings. The Bertz CT molecular complexity index is 462. The van der Waals surface area contributed by atoms with Gasteiger partial charge in [0, 0.05) is 0 Å². The molecule has 0 aliphatic carbocycles. The summed E-state index contributed by atoms with van der Waals surface area (Å²) in [6.45, 7) is 11.6. The lowest BCUT2D eigenvalue weighted by molar-refractivity contribution is -0.138. The van der Waals surface area contributed by atoms with Crippen LogP contribution >= 0.6 is 0 Å². The molecular weight excluding hydrogens is 265 g/mol. The summed E-state index contributed by atoms with van der Waals surface area (Å²) in [5, 5.41) is 0. The van der Waals surface area contributed by atoms with E-state index in [0.717, 1.165) is 6.07 Å². The molecule has 0 unspecified atom stereocenters. The fourth-order valence-electron chi connectivity index (χ4n) is 1.80. The molecule has 0 aromatic heterocycles. The fourth-order valence-corrected chi connectivity index (χ4v) is 1.80. The van der Waals surface area contributed by atoms with Gasteiger partial charge < -0.3 is 4.74 Å². The molecule has 0 bridgehead atoms. The molecule has 0 atom stereocenters. The van der Waals surface area contributed by atoms with E-state index < -0.39 is 17.2 Å². The largest absolute Gasteiger partial charge is 0.493 e. The van der Waals surface area contributed by atoms with Crippen LogP contribution in [0.4, 0.5) is 13.2 Å². The van der Waals surface area contributed by atoms with E-state index in [1.165, 1.54) is 6.07 Å². The summed E-state index contributed by atoms with van der Waals surface area (Å²) >= 11 is 0. The van der Waals surface area contributed by atoms with Gasteiger partial charge in [-0.3, -0.25) is 0 Å². The van der Waals surface area contributed by atoms with Crippen LogP contribution < -0.4 is 4.74 Å². The van der Waals surface area contributed by atoms with Gasteiger partial charge >= 0.3 is 6.18 Å². The Morgan fingerprint density at radius 3 is 1.85 bits per heavy atom. The van der Waals surface area contributed by atoms with Gasteiger partial charge in [-0.1, -0.05) is 47.6 Å². The molecule has 0 N–H and O–H groups in total. The molecular formula is C16H23F3O. The van der Waals surface area contributed by atoms with Crippen LogP contribution in [-0.2, 0) is 11.6 Å². The van der Waals surface area contributed by atoms with Crippen LogP contribution in [-0.4, -0.2) is 6.61 Å². The van der Waals surface area contributed by atoms with Gasteiger partial charge in [-0.15, -0.1) is 0 Å². The third-order valence-electron chi connectivity index (χ3n) is 2.78. The van der Waals surface area contributed by atoms with Crippen molar-refractivity contribution in [1.29, 1.82) is 0 Å². The van der Waals surface area contributed by atoms with Crippen LogP contribution in [0.1, 0.15) is 52.7 Å². The minimum atomic E-state index is -4.37. The Kier molecular flexibility index (Phi) is 4.47. The van der Waals surface area contributed by atoms with Crippen LogP contribution in [0.15, 0.2) is 18.2 Å². The summed E-state index contributed by atoms with van der Waals surface area (Å²) in [6, 6.07) is 4.23. The topological polar surface area (TPSA) is 9.23 Å². The van der Waals surface area contributed by atoms with Crippen molar-refractivity contribution < 1.29 is 17.9 Å². The van der Waals surface area contributed by atoms with Crippen LogP contribution in [0.5, 0.6) is 5.75 Å². The second kappa shape index (κ2) is 5.30. The lowest BCUT2D eigenvalue weighted by Gasteiger charge is -2.25. The molecule has 0 spiro atoms. The van der Waals surface area contributed by atoms with Gasteiger partial charge in [0.15, 0.2) is 0 Å². The molecule has 1 aromatic carbocycles. The Hall–Kier alpha value is -1.19. The molecule has 1 aromatic rings. The number of ether oxygens (including phenoxy) is 1. The smallest absolute Gasteiger partial charge is 0.416 e. The molecule has 114 valence electrons. The predicted octanol–water partition coefficient (Wildman–Crippen LogP) is 5.43. The van der Waals surface area contributed by atoms with E-state index in [4.69, 9.17) is 4.74 Å². The van der Waals surface area contributed by atoms with Crippen molar-refractivity contribution in [2.45, 2.75) is 53.1 Å². The van der Waals surface area contributed by atoms with Gasteiger partial charge in [-0.2, -0.15) is 13.2 Å². The van der Waals surface area contributed by atoms with Crippen LogP contribution in [0.25, 0.3) is 0 Å². The molecule has 0 aliphatic rings. The first kappa shape index (κ1) is 16.9. The lowest BCUT2D eigenvalue weighted by atomic mass is 9.83. The Labute approximate surface area is 119 Å². The van der Waals surface area contributed by atoms with E-state index in [9.17, 15) is 13.2 Å². The summed E-state index contributed by atoms with van der Waals surface area (Å²) in [4.78, 5) is 0. The maximum atomic E-state index is 13.2. The second-order valence-electron chi connectivity index (χ2n) is 7.30. The zero-order valence-electron chi connectivity index (χ0n) is 13.0. The van der Waals surface area contributed by atoms with E-state index in [-0.39, 0.29) is 16.7 Å². The van der Waals surface area contributed by atoms with E-state index in [0.29, 0.717) is 6.61 Å². The van der Waals surface area contributed by atoms with Gasteiger partial charge in [0.25, 0.3) is 0 Å². The van der Waals surface area contributed by atoms with Crippen LogP contribution in [0.3, 0.4) is 0 Å². The molecule has 0 radical (unpaired) electrons. The van der Waals surface area contributed by atoms with Gasteiger partial charge in [-0.05, 0) is 28.5 Å². The van der Waals surface area contributed by atoms with Crippen molar-refractivity contribution in [1.82, 2.24) is 0 Å². The van der Waals surface area contributed by atoms with E-state index in [1.807, 2.05) is 20.8 Å². The Morgan fingerprint density at radius 1 is 0.900 bits per heavy atom. The molecule has 1 rings (SSSR count). The maximum absolute atomic E-state index is 13.2. The summed E-state index contributed by atoms with van der Waals surface area (Å²) in [7, 11) is 0. The van der Waals surface area contributed by atoms with Crippen molar-refractivity contribution in [3.63, 3.8) is 0 Å². The highest BCUT2D eigenvalue weighted by Crippen LogP contribution is 2.39. The third-order valence-corrected chi connectivity index (χ3v) is 2.78. The maximum Gasteiger partial charge on any atom is 0.416 e. The summed E-state index contributed by atoms with van der Waals surface area (Å²) < 4.78 is 45.0. The number of benzene rings is 1. The predicted molar refractivity (Wildman–Crippen MR) is 75.1 cm³/mol. The van der Waals surface area contributed by atoms with Crippen molar-refractivity contribution >= 4 is 0 Å². The van der Waals surface area contributed by atoms with Crippen LogP contribution in [0.2, 0.25) is 0 Å². The first-order valence-corrected chi connectivity index (χ1v) is 6.65. The highest BCUT2D eigenvalue weighted by atomic mass is 19.4. The summed E-state index contributed by atoms with van der Waals surface area (Å²) in [6.07, 6.45) is -4.37. The molecule has 0 saturated carbocycles. The molecule has 0 saturated heterocycles. The zero-order chi connectivity index (χ0) is 15.8. The van der Waals surface area contributed by atoms with E-state index >= 15 is 0 Å². The highest BCUT2D eigenvalue weighted by Gasteiger charge is 2.36. The average Bonchev–Trinajstić information content (AvgIpc) is 2.22. The zero-order valence-corrected chi connectivity index (χ0v) is 13.0. The van der Waals surface area contributed by atoms with Crippen molar-refractivity contribution in [2.24, 2.45) is 5.41 Å². The van der Waals surface area contributed by atoms with Gasteiger partial charge in [-0.25, -0.2) is 0 Å². The number of alkyl halides is 3. The van der Waals surface area contributed by atoms with Gasteiger partial charge in [0.05, 0.1) is 12.2 Å². The fraction of sp³-hybridized carbons (Fsp3) is 0.625. The number of hydrogen-bond acceptors (Lipinski definition) is 1. The molecule has 1 nitrogen and oxygen atoms in total. The normalized spacial score (nSPS) is 13.4. The number of rotatable bonds is 2. The van der Waals surface area contributed by atoms with E-state index in [1.54, 1.807) is 26.8 Å². The van der Waals surface area contributed by atoms with Crippen LogP contribution in [0, 0.1) is 5.41 Å². The molecule has 0 aliphatic heterocycles. The second-order valence-corrected chi connectivity index (χ2v) is 7.30. The van der Waals surface area contributed by atoms with Gasteiger partial charge in [0.1, 0.15) is 5.75 Å². The quantitative estimate of drug-likeness (QED) is 0.705. The van der Waals surface area contributed by atoms with Crippen molar-refractivity contribution in [3.05, 3.63) is 29.3 Å². The Morgan fingerprint density at radius 2 is 1.45 bits per heavy atom. The van der Waals surface area contributed by atoms with Crippen molar-refractivity contribution in [2.75, 3.05) is 6.61 Å². The third kappa shape index (κ3) is 4.73. The minimum absolute atomic E-state index is 0.0961. The average molecular weight is 288 g/mol. The molecule has 0 amide bonds. The Balaban J connectivity index is 3.16. The lowest BCUT2D eigenvalue weighted by Crippen LogP contribution is -2.20. The first-order valence-electron chi connectivity index (χ1n) is 6.65. The van der Waals surface area contributed by atoms with Crippen molar-refractivity contribution in [3.8, 4) is 5.75 Å². The van der Waals surface area contributed by atoms with Gasteiger partial charge in [0.2, 0.25) is 0 Å². The number of hydrogen-bond donors (Lipinski definition) is 0. The molecule has 4 heteroatoms. The SMILES string of the molecule is CC(C)(C)COc1ccc(C(C)(C)C)c(C(F)(F)F)c1. The van der Waals surface area contributed by atoms with E-state index in [2.05, 4.69) is 0 Å². The standard InChI is InChI=1S/C16H23F3O/c1-14(2,3)10-20-11-7-8-12(15(4,5)6)13(9-11)16(17,18)19/h7-9H,10H2,1-6H3. The first-order chi connectivity index (χ1) is 8.81.